The van der Waals surface area contributed by atoms with Crippen LogP contribution >= 0.6 is 23.2 Å². The number of nitrogens with zero attached hydrogens (tertiary/aromatic N) is 7. The number of carboxylic acid groups (broad SMARTS) is 1. The first kappa shape index (κ1) is 46.9. The molecular formula is C37H51Cl2F2N13O2. The second-order valence-electron chi connectivity index (χ2n) is 12.9. The number of hydrogen-bond donors (Lipinski definition) is 7. The zero-order valence-corrected chi connectivity index (χ0v) is 34.2. The van der Waals surface area contributed by atoms with Crippen LogP contribution < -0.4 is 22.5 Å². The van der Waals surface area contributed by atoms with Crippen LogP contribution in [0.2, 0.25) is 10.4 Å². The zero-order chi connectivity index (χ0) is 42.2. The third-order valence-electron chi connectivity index (χ3n) is 7.54. The van der Waals surface area contributed by atoms with Crippen LogP contribution in [0, 0.1) is 13.8 Å². The fourth-order valence-electron chi connectivity index (χ4n) is 4.57. The molecule has 10 N–H and O–H groups in total. The molecule has 0 saturated heterocycles. The summed E-state index contributed by atoms with van der Waals surface area (Å²) in [5, 5.41) is 13.2. The van der Waals surface area contributed by atoms with Crippen molar-refractivity contribution < 1.29 is 18.7 Å². The van der Waals surface area contributed by atoms with Gasteiger partial charge in [-0.2, -0.15) is 4.98 Å². The highest BCUT2D eigenvalue weighted by atomic mass is 35.5. The molecule has 19 heteroatoms. The van der Waals surface area contributed by atoms with Crippen molar-refractivity contribution in [2.24, 2.45) is 5.73 Å². The average Bonchev–Trinajstić information content (AvgIpc) is 3.49. The molecule has 6 heterocycles. The first-order valence-corrected chi connectivity index (χ1v) is 18.2. The minimum absolute atomic E-state index is 0.118. The van der Waals surface area contributed by atoms with Gasteiger partial charge in [0.15, 0.2) is 0 Å². The number of carboxylic acids is 1. The number of nitrogens with one attached hydrogen (secondary N) is 3. The van der Waals surface area contributed by atoms with Crippen molar-refractivity contribution in [1.82, 2.24) is 44.8 Å². The third-order valence-corrected chi connectivity index (χ3v) is 8.10. The third kappa shape index (κ3) is 16.6. The highest BCUT2D eigenvalue weighted by Crippen LogP contribution is 2.39. The molecule has 0 radical (unpaired) electrons. The van der Waals surface area contributed by atoms with Crippen LogP contribution in [0.4, 0.5) is 31.9 Å². The van der Waals surface area contributed by atoms with E-state index in [1.807, 2.05) is 50.5 Å². The number of aromatic amines is 2. The number of aryl methyl sites for hydroxylation is 2. The van der Waals surface area contributed by atoms with E-state index < -0.39 is 17.9 Å². The molecule has 0 amide bonds. The SMILES string of the molecule is CC(=O)O.CCN(C(C)C)C(C)C.Cc1cnc(Cl)nc1Cl.Cc1cnc(Nc2cnc3[nH]ccc3c2)nc1N.NC1CC1(F)F.Nc1cnc2[nH]ccc2c1. The molecule has 1 aliphatic carbocycles. The van der Waals surface area contributed by atoms with E-state index in [0.29, 0.717) is 34.7 Å². The van der Waals surface area contributed by atoms with Crippen LogP contribution in [-0.2, 0) is 4.79 Å². The van der Waals surface area contributed by atoms with Gasteiger partial charge in [0.1, 0.15) is 22.3 Å². The van der Waals surface area contributed by atoms with Gasteiger partial charge >= 0.3 is 0 Å². The summed E-state index contributed by atoms with van der Waals surface area (Å²) >= 11 is 11.0. The lowest BCUT2D eigenvalue weighted by atomic mass is 10.2. The number of nitrogens with two attached hydrogens (primary N) is 3. The molecule has 1 saturated carbocycles. The Kier molecular flexibility index (Phi) is 18.7. The van der Waals surface area contributed by atoms with Crippen molar-refractivity contribution in [3.8, 4) is 0 Å². The Bertz CT molecular complexity index is 2100. The fourth-order valence-corrected chi connectivity index (χ4v) is 4.88. The highest BCUT2D eigenvalue weighted by molar-refractivity contribution is 6.32. The Morgan fingerprint density at radius 3 is 1.86 bits per heavy atom. The standard InChI is InChI=1S/C12H12N6.C8H19N.C7H7N3.C5H4Cl2N2.C3H5F2N.C2H4O2/c1-7-5-16-12(18-10(7)13)17-9-4-8-2-3-14-11(8)15-6-9;1-6-9(7(2)3)8(4)5;8-6-3-5-1-2-9-7(5)10-4-6;1-3-2-8-5(7)9-4(3)6;4-3(5)1-2(3)6;1-2(3)4/h2-6H,1H3,(H,14,15)(H3,13,16,17,18);7-8H,6H2,1-5H3;1-4H,8H2,(H,9,10);2H,1H3;2H,1,6H2;1H3,(H,3,4). The van der Waals surface area contributed by atoms with Crippen LogP contribution in [0.15, 0.2) is 61.4 Å². The minimum Gasteiger partial charge on any atom is -0.481 e. The summed E-state index contributed by atoms with van der Waals surface area (Å²) in [7, 11) is 0. The minimum atomic E-state index is -2.51. The van der Waals surface area contributed by atoms with Crippen LogP contribution in [0.25, 0.3) is 22.1 Å². The molecule has 1 aliphatic rings. The van der Waals surface area contributed by atoms with Gasteiger partial charge in [0, 0.05) is 72.1 Å². The van der Waals surface area contributed by atoms with Gasteiger partial charge in [-0.3, -0.25) is 9.69 Å². The Balaban J connectivity index is 0.000000248. The van der Waals surface area contributed by atoms with E-state index in [4.69, 9.17) is 50.3 Å². The molecule has 1 atom stereocenters. The van der Waals surface area contributed by atoms with E-state index in [1.165, 1.54) is 0 Å². The van der Waals surface area contributed by atoms with Gasteiger partial charge in [-0.15, -0.1) is 0 Å². The lowest BCUT2D eigenvalue weighted by Crippen LogP contribution is -2.36. The van der Waals surface area contributed by atoms with Crippen LogP contribution in [0.3, 0.4) is 0 Å². The monoisotopic (exact) mass is 817 g/mol. The van der Waals surface area contributed by atoms with Gasteiger partial charge in [0.25, 0.3) is 11.9 Å². The highest BCUT2D eigenvalue weighted by Gasteiger charge is 2.54. The average molecular weight is 819 g/mol. The molecule has 0 aliphatic heterocycles. The number of carbonyl (C=O) groups is 1. The number of hydrogen-bond acceptors (Lipinski definition) is 12. The Morgan fingerprint density at radius 2 is 1.43 bits per heavy atom. The predicted molar refractivity (Wildman–Crippen MR) is 221 cm³/mol. The lowest BCUT2D eigenvalue weighted by Gasteiger charge is -2.28. The maximum atomic E-state index is 11.4. The smallest absolute Gasteiger partial charge is 0.300 e. The number of H-pyrrole nitrogens is 2. The number of fused-ring (bicyclic) bond motifs is 2. The van der Waals surface area contributed by atoms with Gasteiger partial charge in [0.05, 0.1) is 29.8 Å². The van der Waals surface area contributed by atoms with E-state index in [0.717, 1.165) is 52.3 Å². The number of anilines is 4. The van der Waals surface area contributed by atoms with Gasteiger partial charge in [0.2, 0.25) is 11.2 Å². The number of pyridine rings is 2. The normalized spacial score (nSPS) is 13.5. The maximum absolute atomic E-state index is 11.4. The second-order valence-corrected chi connectivity index (χ2v) is 13.6. The molecule has 7 rings (SSSR count). The molecule has 304 valence electrons. The first-order valence-electron chi connectivity index (χ1n) is 17.4. The second kappa shape index (κ2) is 22.4. The number of rotatable bonds is 5. The van der Waals surface area contributed by atoms with E-state index in [2.05, 4.69) is 84.7 Å². The summed E-state index contributed by atoms with van der Waals surface area (Å²) in [4.78, 5) is 41.5. The van der Waals surface area contributed by atoms with Crippen molar-refractivity contribution in [1.29, 1.82) is 0 Å². The lowest BCUT2D eigenvalue weighted by molar-refractivity contribution is -0.134. The molecule has 15 nitrogen and oxygen atoms in total. The predicted octanol–water partition coefficient (Wildman–Crippen LogP) is 7.79. The van der Waals surface area contributed by atoms with E-state index in [1.54, 1.807) is 24.8 Å². The molecule has 1 unspecified atom stereocenters. The van der Waals surface area contributed by atoms with Crippen molar-refractivity contribution >= 4 is 74.4 Å². The van der Waals surface area contributed by atoms with Crippen molar-refractivity contribution in [3.05, 3.63) is 83.0 Å². The first-order chi connectivity index (χ1) is 26.2. The summed E-state index contributed by atoms with van der Waals surface area (Å²) < 4.78 is 22.8. The van der Waals surface area contributed by atoms with E-state index >= 15 is 0 Å². The Hall–Kier alpha value is -5.23. The van der Waals surface area contributed by atoms with Gasteiger partial charge in [-0.25, -0.2) is 33.7 Å². The molecule has 0 spiro atoms. The fraction of sp³-hybridized carbons (Fsp3) is 0.378. The number of alkyl halides is 2. The quantitative estimate of drug-likeness (QED) is 0.0650. The summed E-state index contributed by atoms with van der Waals surface area (Å²) in [6, 6.07) is 8.30. The molecule has 56 heavy (non-hydrogen) atoms. The van der Waals surface area contributed by atoms with Gasteiger partial charge in [-0.1, -0.05) is 18.5 Å². The summed E-state index contributed by atoms with van der Waals surface area (Å²) in [5.74, 6) is -2.40. The zero-order valence-electron chi connectivity index (χ0n) is 32.6. The molecule has 0 aromatic carbocycles. The molecular weight excluding hydrogens is 767 g/mol. The largest absolute Gasteiger partial charge is 0.481 e. The Morgan fingerprint density at radius 1 is 0.929 bits per heavy atom. The van der Waals surface area contributed by atoms with Gasteiger partial charge in [-0.05, 0) is 84.0 Å². The van der Waals surface area contributed by atoms with Crippen LogP contribution in [0.1, 0.15) is 59.1 Å². The van der Waals surface area contributed by atoms with Gasteiger partial charge < -0.3 is 37.6 Å². The maximum Gasteiger partial charge on any atom is 0.300 e. The molecule has 6 aromatic rings. The molecule has 6 aromatic heterocycles. The van der Waals surface area contributed by atoms with Crippen molar-refractivity contribution in [2.75, 3.05) is 23.3 Å². The summed E-state index contributed by atoms with van der Waals surface area (Å²) in [6.45, 7) is 17.1. The molecule has 0 bridgehead atoms. The van der Waals surface area contributed by atoms with E-state index in [9.17, 15) is 8.78 Å². The van der Waals surface area contributed by atoms with Crippen LogP contribution in [-0.4, -0.2) is 86.4 Å². The topological polar surface area (TPSA) is 240 Å². The van der Waals surface area contributed by atoms with Crippen LogP contribution in [0.5, 0.6) is 0 Å². The number of nitrogen functional groups attached to an aromatic ring is 2. The number of aliphatic carboxylic acids is 1. The van der Waals surface area contributed by atoms with Crippen molar-refractivity contribution in [3.63, 3.8) is 0 Å². The van der Waals surface area contributed by atoms with E-state index in [-0.39, 0.29) is 11.7 Å². The summed E-state index contributed by atoms with van der Waals surface area (Å²) in [6.07, 6.45) is 10.2. The molecule has 1 fully saturated rings. The number of aromatic nitrogens is 8. The number of halogens is 4. The summed E-state index contributed by atoms with van der Waals surface area (Å²) in [5.41, 5.74) is 20.9. The van der Waals surface area contributed by atoms with Crippen molar-refractivity contribution in [2.45, 2.75) is 85.9 Å². The Labute approximate surface area is 334 Å².